The van der Waals surface area contributed by atoms with Crippen LogP contribution in [0.15, 0.2) is 24.3 Å². The highest BCUT2D eigenvalue weighted by Crippen LogP contribution is 2.20. The lowest BCUT2D eigenvalue weighted by atomic mass is 10.2. The third-order valence-corrected chi connectivity index (χ3v) is 4.98. The number of amides is 2. The summed E-state index contributed by atoms with van der Waals surface area (Å²) in [5.74, 6) is 0. The van der Waals surface area contributed by atoms with Crippen LogP contribution in [-0.2, 0) is 4.74 Å². The number of urea groups is 1. The number of ether oxygens (including phenoxy) is 1. The van der Waals surface area contributed by atoms with Gasteiger partial charge in [0.15, 0.2) is 0 Å². The summed E-state index contributed by atoms with van der Waals surface area (Å²) in [6.45, 7) is 9.49. The van der Waals surface area contributed by atoms with Crippen molar-refractivity contribution in [2.45, 2.75) is 13.0 Å². The molecule has 0 aromatic heterocycles. The van der Waals surface area contributed by atoms with Crippen LogP contribution in [-0.4, -0.2) is 80.9 Å². The molecule has 3 rings (SSSR count). The smallest absolute Gasteiger partial charge is 0.317 e. The van der Waals surface area contributed by atoms with Gasteiger partial charge >= 0.3 is 6.03 Å². The van der Waals surface area contributed by atoms with Gasteiger partial charge in [-0.05, 0) is 25.1 Å². The van der Waals surface area contributed by atoms with Gasteiger partial charge in [-0.15, -0.1) is 0 Å². The molecule has 1 aromatic rings. The van der Waals surface area contributed by atoms with Crippen LogP contribution in [0.4, 0.5) is 10.5 Å². The van der Waals surface area contributed by atoms with Crippen LogP contribution in [0.5, 0.6) is 0 Å². The molecule has 0 saturated carbocycles. The molecule has 2 aliphatic rings. The maximum Gasteiger partial charge on any atom is 0.317 e. The summed E-state index contributed by atoms with van der Waals surface area (Å²) in [5.41, 5.74) is 1.12. The lowest BCUT2D eigenvalue weighted by Crippen LogP contribution is -2.55. The fourth-order valence-corrected chi connectivity index (χ4v) is 3.54. The molecule has 0 aliphatic carbocycles. The lowest BCUT2D eigenvalue weighted by Gasteiger charge is -2.37. The van der Waals surface area contributed by atoms with E-state index >= 15 is 0 Å². The minimum absolute atomic E-state index is 0.0338. The highest BCUT2D eigenvalue weighted by atomic mass is 35.5. The summed E-state index contributed by atoms with van der Waals surface area (Å²) in [5, 5.41) is 3.87. The molecule has 138 valence electrons. The summed E-state index contributed by atoms with van der Waals surface area (Å²) in [4.78, 5) is 19.0. The molecule has 2 saturated heterocycles. The van der Waals surface area contributed by atoms with Gasteiger partial charge in [-0.25, -0.2) is 4.79 Å². The molecule has 2 heterocycles. The Hall–Kier alpha value is -1.50. The van der Waals surface area contributed by atoms with Crippen LogP contribution in [0.2, 0.25) is 5.02 Å². The number of nitrogens with zero attached hydrogens (tertiary/aromatic N) is 3. The van der Waals surface area contributed by atoms with Gasteiger partial charge in [-0.1, -0.05) is 17.7 Å². The Labute approximate surface area is 154 Å². The Kier molecular flexibility index (Phi) is 6.39. The fourth-order valence-electron chi connectivity index (χ4n) is 3.36. The quantitative estimate of drug-likeness (QED) is 0.884. The Morgan fingerprint density at radius 2 is 1.92 bits per heavy atom. The summed E-state index contributed by atoms with van der Waals surface area (Å²) < 4.78 is 5.36. The van der Waals surface area contributed by atoms with Gasteiger partial charge in [0.25, 0.3) is 0 Å². The highest BCUT2D eigenvalue weighted by molar-refractivity contribution is 6.30. The molecule has 6 nitrogen and oxygen atoms in total. The number of hydrogen-bond acceptors (Lipinski definition) is 4. The molecular weight excluding hydrogens is 340 g/mol. The van der Waals surface area contributed by atoms with Crippen molar-refractivity contribution in [1.29, 1.82) is 0 Å². The molecule has 0 bridgehead atoms. The van der Waals surface area contributed by atoms with E-state index in [1.807, 2.05) is 23.1 Å². The first kappa shape index (κ1) is 18.3. The van der Waals surface area contributed by atoms with Crippen molar-refractivity contribution in [3.05, 3.63) is 29.3 Å². The van der Waals surface area contributed by atoms with E-state index < -0.39 is 0 Å². The molecule has 0 spiro atoms. The highest BCUT2D eigenvalue weighted by Gasteiger charge is 2.23. The SMILES string of the molecule is CC(CN1CCOCC1)NC(=O)N1CCN(c2cccc(Cl)c2)CC1. The zero-order chi connectivity index (χ0) is 17.6. The summed E-state index contributed by atoms with van der Waals surface area (Å²) in [6.07, 6.45) is 0. The lowest BCUT2D eigenvalue weighted by molar-refractivity contribution is 0.0346. The van der Waals surface area contributed by atoms with Crippen molar-refractivity contribution in [2.24, 2.45) is 0 Å². The number of halogens is 1. The average Bonchev–Trinajstić information content (AvgIpc) is 2.62. The molecule has 2 aliphatic heterocycles. The monoisotopic (exact) mass is 366 g/mol. The molecule has 2 fully saturated rings. The van der Waals surface area contributed by atoms with Crippen molar-refractivity contribution in [3.63, 3.8) is 0 Å². The second-order valence-corrected chi connectivity index (χ2v) is 7.15. The molecule has 1 N–H and O–H groups in total. The van der Waals surface area contributed by atoms with Crippen molar-refractivity contribution in [2.75, 3.05) is 63.9 Å². The average molecular weight is 367 g/mol. The largest absolute Gasteiger partial charge is 0.379 e. The van der Waals surface area contributed by atoms with Gasteiger partial charge in [-0.3, -0.25) is 4.90 Å². The van der Waals surface area contributed by atoms with Crippen molar-refractivity contribution in [3.8, 4) is 0 Å². The maximum absolute atomic E-state index is 12.5. The standard InChI is InChI=1S/C18H27ClN4O2/c1-15(14-21-9-11-25-12-10-21)20-18(24)23-7-5-22(6-8-23)17-4-2-3-16(19)13-17/h2-4,13,15H,5-12,14H2,1H3,(H,20,24). The first-order valence-electron chi connectivity index (χ1n) is 8.98. The summed E-state index contributed by atoms with van der Waals surface area (Å²) in [6, 6.07) is 8.05. The van der Waals surface area contributed by atoms with E-state index in [2.05, 4.69) is 28.1 Å². The minimum Gasteiger partial charge on any atom is -0.379 e. The topological polar surface area (TPSA) is 48.1 Å². The molecule has 1 unspecified atom stereocenters. The predicted octanol–water partition coefficient (Wildman–Crippen LogP) is 1.89. The van der Waals surface area contributed by atoms with E-state index in [1.165, 1.54) is 0 Å². The molecular formula is C18H27ClN4O2. The normalized spacial score (nSPS) is 20.4. The molecule has 1 aromatic carbocycles. The van der Waals surface area contributed by atoms with Crippen LogP contribution in [0.3, 0.4) is 0 Å². The number of benzene rings is 1. The summed E-state index contributed by atoms with van der Waals surface area (Å²) in [7, 11) is 0. The minimum atomic E-state index is 0.0338. The van der Waals surface area contributed by atoms with Gasteiger partial charge in [0.05, 0.1) is 13.2 Å². The van der Waals surface area contributed by atoms with E-state index in [9.17, 15) is 4.79 Å². The molecule has 25 heavy (non-hydrogen) atoms. The Balaban J connectivity index is 1.43. The van der Waals surface area contributed by atoms with Gasteiger partial charge < -0.3 is 19.9 Å². The molecule has 0 radical (unpaired) electrons. The number of carbonyl (C=O) groups excluding carboxylic acids is 1. The van der Waals surface area contributed by atoms with Crippen LogP contribution in [0, 0.1) is 0 Å². The first-order valence-corrected chi connectivity index (χ1v) is 9.35. The van der Waals surface area contributed by atoms with E-state index in [1.54, 1.807) is 0 Å². The number of morpholine rings is 1. The molecule has 1 atom stereocenters. The fraction of sp³-hybridized carbons (Fsp3) is 0.611. The number of nitrogens with one attached hydrogen (secondary N) is 1. The van der Waals surface area contributed by atoms with Gasteiger partial charge in [0, 0.05) is 62.6 Å². The van der Waals surface area contributed by atoms with E-state index in [4.69, 9.17) is 16.3 Å². The predicted molar refractivity (Wildman–Crippen MR) is 100 cm³/mol. The van der Waals surface area contributed by atoms with E-state index in [0.717, 1.165) is 69.7 Å². The Bertz CT molecular complexity index is 572. The maximum atomic E-state index is 12.5. The second kappa shape index (κ2) is 8.74. The number of carbonyl (C=O) groups is 1. The van der Waals surface area contributed by atoms with Gasteiger partial charge in [0.1, 0.15) is 0 Å². The number of hydrogen-bond donors (Lipinski definition) is 1. The van der Waals surface area contributed by atoms with E-state index in [-0.39, 0.29) is 12.1 Å². The van der Waals surface area contributed by atoms with Crippen molar-refractivity contribution < 1.29 is 9.53 Å². The van der Waals surface area contributed by atoms with Crippen molar-refractivity contribution in [1.82, 2.24) is 15.1 Å². The zero-order valence-electron chi connectivity index (χ0n) is 14.8. The van der Waals surface area contributed by atoms with Crippen molar-refractivity contribution >= 4 is 23.3 Å². The van der Waals surface area contributed by atoms with Gasteiger partial charge in [-0.2, -0.15) is 0 Å². The Morgan fingerprint density at radius 3 is 2.60 bits per heavy atom. The Morgan fingerprint density at radius 1 is 1.20 bits per heavy atom. The van der Waals surface area contributed by atoms with Crippen LogP contribution in [0.25, 0.3) is 0 Å². The number of anilines is 1. The zero-order valence-corrected chi connectivity index (χ0v) is 15.5. The van der Waals surface area contributed by atoms with Crippen LogP contribution in [0.1, 0.15) is 6.92 Å². The first-order chi connectivity index (χ1) is 12.1. The third-order valence-electron chi connectivity index (χ3n) is 4.75. The number of rotatable bonds is 4. The summed E-state index contributed by atoms with van der Waals surface area (Å²) >= 11 is 6.07. The van der Waals surface area contributed by atoms with Gasteiger partial charge in [0.2, 0.25) is 0 Å². The molecule has 2 amide bonds. The number of piperazine rings is 1. The third kappa shape index (κ3) is 5.23. The van der Waals surface area contributed by atoms with Crippen LogP contribution < -0.4 is 10.2 Å². The van der Waals surface area contributed by atoms with Crippen LogP contribution >= 0.6 is 11.6 Å². The molecule has 7 heteroatoms. The second-order valence-electron chi connectivity index (χ2n) is 6.72. The van der Waals surface area contributed by atoms with E-state index in [0.29, 0.717) is 0 Å².